The summed E-state index contributed by atoms with van der Waals surface area (Å²) in [5.74, 6) is -0.889. The van der Waals surface area contributed by atoms with Crippen molar-refractivity contribution in [2.24, 2.45) is 0 Å². The molecule has 0 bridgehead atoms. The fourth-order valence-electron chi connectivity index (χ4n) is 1.34. The minimum absolute atomic E-state index is 0.0512. The number of carbonyl (C=O) groups is 1. The Kier molecular flexibility index (Phi) is 4.48. The van der Waals surface area contributed by atoms with E-state index in [2.05, 4.69) is 42.1 Å². The maximum atomic E-state index is 10.7. The van der Waals surface area contributed by atoms with Gasteiger partial charge in [-0.3, -0.25) is 10.1 Å². The normalized spacial score (nSPS) is 10.2. The van der Waals surface area contributed by atoms with Gasteiger partial charge in [0.15, 0.2) is 11.4 Å². The highest BCUT2D eigenvalue weighted by Crippen LogP contribution is 2.39. The predicted octanol–water partition coefficient (Wildman–Crippen LogP) is 3.40. The van der Waals surface area contributed by atoms with Crippen LogP contribution in [-0.4, -0.2) is 26.2 Å². The van der Waals surface area contributed by atoms with E-state index in [0.717, 1.165) is 0 Å². The lowest BCUT2D eigenvalue weighted by atomic mass is 10.3. The average Bonchev–Trinajstić information content (AvgIpc) is 2.43. The molecule has 1 aromatic carbocycles. The van der Waals surface area contributed by atoms with Crippen LogP contribution in [-0.2, 0) is 0 Å². The molecule has 8 nitrogen and oxygen atoms in total. The van der Waals surface area contributed by atoms with Crippen molar-refractivity contribution in [2.45, 2.75) is 0 Å². The van der Waals surface area contributed by atoms with Gasteiger partial charge in [0.1, 0.15) is 0 Å². The number of ether oxygens (including phenoxy) is 1. The van der Waals surface area contributed by atoms with Crippen molar-refractivity contribution in [2.75, 3.05) is 0 Å². The van der Waals surface area contributed by atoms with Crippen LogP contribution in [0.4, 0.5) is 5.69 Å². The molecule has 0 aliphatic carbocycles. The second kappa shape index (κ2) is 6.14. The summed E-state index contributed by atoms with van der Waals surface area (Å²) in [5, 5.41) is 26.5. The van der Waals surface area contributed by atoms with Crippen molar-refractivity contribution in [3.8, 4) is 11.6 Å². The quantitative estimate of drug-likeness (QED) is 0.597. The molecule has 0 saturated carbocycles. The van der Waals surface area contributed by atoms with E-state index in [1.165, 1.54) is 24.3 Å². The number of nitrogens with zero attached hydrogens (tertiary/aromatic N) is 3. The minimum Gasteiger partial charge on any atom is -0.476 e. The zero-order chi connectivity index (χ0) is 15.6. The summed E-state index contributed by atoms with van der Waals surface area (Å²) >= 11 is 6.32. The lowest BCUT2D eigenvalue weighted by molar-refractivity contribution is -0.385. The number of aromatic carboxylic acids is 1. The monoisotopic (exact) mass is 417 g/mol. The Balaban J connectivity index is 2.31. The van der Waals surface area contributed by atoms with Crippen LogP contribution in [0.3, 0.4) is 0 Å². The van der Waals surface area contributed by atoms with Crippen LogP contribution < -0.4 is 4.74 Å². The van der Waals surface area contributed by atoms with E-state index in [4.69, 9.17) is 9.84 Å². The number of non-ortho nitro benzene ring substituents is 1. The van der Waals surface area contributed by atoms with Crippen LogP contribution >= 0.6 is 31.9 Å². The molecule has 1 heterocycles. The smallest absolute Gasteiger partial charge is 0.356 e. The van der Waals surface area contributed by atoms with Crippen LogP contribution in [0.2, 0.25) is 0 Å². The molecule has 0 aliphatic heterocycles. The van der Waals surface area contributed by atoms with Crippen LogP contribution in [0, 0.1) is 10.1 Å². The van der Waals surface area contributed by atoms with Gasteiger partial charge in [0.2, 0.25) is 5.88 Å². The number of nitro benzene ring substituents is 1. The molecular formula is C11H5Br2N3O5. The van der Waals surface area contributed by atoms with Crippen molar-refractivity contribution < 1.29 is 19.6 Å². The van der Waals surface area contributed by atoms with Gasteiger partial charge in [-0.15, -0.1) is 10.2 Å². The molecule has 2 aromatic rings. The van der Waals surface area contributed by atoms with Crippen molar-refractivity contribution in [3.63, 3.8) is 0 Å². The Hall–Kier alpha value is -2.07. The first-order valence-corrected chi connectivity index (χ1v) is 6.85. The minimum atomic E-state index is -1.20. The molecule has 2 rings (SSSR count). The topological polar surface area (TPSA) is 115 Å². The van der Waals surface area contributed by atoms with E-state index >= 15 is 0 Å². The Bertz CT molecular complexity index is 697. The second-order valence-corrected chi connectivity index (χ2v) is 5.37. The summed E-state index contributed by atoms with van der Waals surface area (Å²) in [6, 6.07) is 5.12. The molecule has 1 aromatic heterocycles. The molecule has 0 fully saturated rings. The Morgan fingerprint density at radius 1 is 1.24 bits per heavy atom. The summed E-state index contributed by atoms with van der Waals surface area (Å²) in [7, 11) is 0. The number of hydrogen-bond donors (Lipinski definition) is 1. The fraction of sp³-hybridized carbons (Fsp3) is 0. The van der Waals surface area contributed by atoms with Gasteiger partial charge in [0, 0.05) is 18.2 Å². The lowest BCUT2D eigenvalue weighted by Gasteiger charge is -2.08. The van der Waals surface area contributed by atoms with E-state index in [-0.39, 0.29) is 23.0 Å². The van der Waals surface area contributed by atoms with Gasteiger partial charge in [-0.1, -0.05) is 0 Å². The van der Waals surface area contributed by atoms with Gasteiger partial charge in [0.05, 0.1) is 13.9 Å². The van der Waals surface area contributed by atoms with Gasteiger partial charge in [-0.2, -0.15) is 0 Å². The Morgan fingerprint density at radius 2 is 1.86 bits per heavy atom. The van der Waals surface area contributed by atoms with E-state index in [1.54, 1.807) is 0 Å². The number of halogens is 2. The summed E-state index contributed by atoms with van der Waals surface area (Å²) in [6.45, 7) is 0. The number of carboxylic acid groups (broad SMARTS) is 1. The van der Waals surface area contributed by atoms with Crippen LogP contribution in [0.1, 0.15) is 10.5 Å². The van der Waals surface area contributed by atoms with E-state index in [1.807, 2.05) is 0 Å². The summed E-state index contributed by atoms with van der Waals surface area (Å²) in [5.41, 5.74) is -0.336. The van der Waals surface area contributed by atoms with E-state index < -0.39 is 10.9 Å². The first-order valence-electron chi connectivity index (χ1n) is 5.27. The van der Waals surface area contributed by atoms with Crippen molar-refractivity contribution in [1.82, 2.24) is 10.2 Å². The molecule has 10 heteroatoms. The molecule has 21 heavy (non-hydrogen) atoms. The van der Waals surface area contributed by atoms with Crippen LogP contribution in [0.15, 0.2) is 33.2 Å². The molecule has 0 unspecified atom stereocenters. The highest BCUT2D eigenvalue weighted by atomic mass is 79.9. The lowest BCUT2D eigenvalue weighted by Crippen LogP contribution is -2.02. The van der Waals surface area contributed by atoms with Gasteiger partial charge >= 0.3 is 5.97 Å². The fourth-order valence-corrected chi connectivity index (χ4v) is 2.67. The first-order chi connectivity index (χ1) is 9.88. The van der Waals surface area contributed by atoms with Crippen molar-refractivity contribution >= 4 is 43.5 Å². The van der Waals surface area contributed by atoms with Crippen molar-refractivity contribution in [3.05, 3.63) is 49.0 Å². The molecule has 1 N–H and O–H groups in total. The number of rotatable bonds is 4. The molecule has 0 atom stereocenters. The maximum Gasteiger partial charge on any atom is 0.356 e. The number of benzene rings is 1. The molecule has 0 radical (unpaired) electrons. The third-order valence-corrected chi connectivity index (χ3v) is 3.44. The highest BCUT2D eigenvalue weighted by molar-refractivity contribution is 9.11. The molecule has 0 aliphatic rings. The standard InChI is InChI=1S/C11H5Br2N3O5/c12-6-3-5(16(19)20)4-7(13)10(6)21-9-2-1-8(11(17)18)14-15-9/h1-4H,(H,17,18). The molecule has 108 valence electrons. The average molecular weight is 419 g/mol. The number of hydrogen-bond acceptors (Lipinski definition) is 6. The molecule has 0 amide bonds. The molecular weight excluding hydrogens is 414 g/mol. The summed E-state index contributed by atoms with van der Waals surface area (Å²) < 4.78 is 6.11. The zero-order valence-electron chi connectivity index (χ0n) is 9.99. The Morgan fingerprint density at radius 3 is 2.29 bits per heavy atom. The zero-order valence-corrected chi connectivity index (χ0v) is 13.2. The largest absolute Gasteiger partial charge is 0.476 e. The number of aromatic nitrogens is 2. The molecule has 0 spiro atoms. The predicted molar refractivity (Wildman–Crippen MR) is 77.6 cm³/mol. The first kappa shape index (κ1) is 15.3. The number of carboxylic acids is 1. The van der Waals surface area contributed by atoms with Gasteiger partial charge in [-0.05, 0) is 37.9 Å². The highest BCUT2D eigenvalue weighted by Gasteiger charge is 2.16. The van der Waals surface area contributed by atoms with Gasteiger partial charge < -0.3 is 9.84 Å². The second-order valence-electron chi connectivity index (χ2n) is 3.66. The summed E-state index contributed by atoms with van der Waals surface area (Å²) in [4.78, 5) is 20.8. The maximum absolute atomic E-state index is 10.7. The summed E-state index contributed by atoms with van der Waals surface area (Å²) in [6.07, 6.45) is 0. The van der Waals surface area contributed by atoms with Crippen molar-refractivity contribution in [1.29, 1.82) is 0 Å². The van der Waals surface area contributed by atoms with Gasteiger partial charge in [-0.25, -0.2) is 4.79 Å². The van der Waals surface area contributed by atoms with Gasteiger partial charge in [0.25, 0.3) is 5.69 Å². The van der Waals surface area contributed by atoms with Crippen LogP contribution in [0.5, 0.6) is 11.6 Å². The number of nitro groups is 1. The SMILES string of the molecule is O=C(O)c1ccc(Oc2c(Br)cc([N+](=O)[O-])cc2Br)nn1. The van der Waals surface area contributed by atoms with Crippen LogP contribution in [0.25, 0.3) is 0 Å². The van der Waals surface area contributed by atoms with E-state index in [9.17, 15) is 14.9 Å². The van der Waals surface area contributed by atoms with E-state index in [0.29, 0.717) is 8.95 Å². The third kappa shape index (κ3) is 3.52. The third-order valence-electron chi connectivity index (χ3n) is 2.26. The Labute approximate surface area is 134 Å². The molecule has 0 saturated heterocycles.